The molecule has 1 aromatic carbocycles. The molecule has 19 heavy (non-hydrogen) atoms. The van der Waals surface area contributed by atoms with Crippen molar-refractivity contribution < 1.29 is 13.5 Å². The van der Waals surface area contributed by atoms with Crippen molar-refractivity contribution in [1.82, 2.24) is 5.32 Å². The molecule has 0 radical (unpaired) electrons. The molecule has 1 aromatic rings. The molecule has 1 N–H and O–H groups in total. The highest BCUT2D eigenvalue weighted by Gasteiger charge is 2.19. The normalized spacial score (nSPS) is 13.0. The van der Waals surface area contributed by atoms with Gasteiger partial charge in [-0.3, -0.25) is 0 Å². The zero-order valence-electron chi connectivity index (χ0n) is 11.8. The summed E-state index contributed by atoms with van der Waals surface area (Å²) in [4.78, 5) is 0. The lowest BCUT2D eigenvalue weighted by atomic mass is 9.91. The second kappa shape index (κ2) is 8.10. The smallest absolute Gasteiger partial charge is 0.387 e. The molecule has 0 aliphatic carbocycles. The third-order valence-electron chi connectivity index (χ3n) is 3.58. The summed E-state index contributed by atoms with van der Waals surface area (Å²) in [6.07, 6.45) is 3.10. The van der Waals surface area contributed by atoms with Crippen LogP contribution in [0.1, 0.15) is 44.7 Å². The molecule has 0 fully saturated rings. The van der Waals surface area contributed by atoms with Crippen LogP contribution in [-0.2, 0) is 0 Å². The Balaban J connectivity index is 2.90. The maximum absolute atomic E-state index is 12.4. The highest BCUT2D eigenvalue weighted by Crippen LogP contribution is 2.31. The van der Waals surface area contributed by atoms with Gasteiger partial charge in [0.25, 0.3) is 0 Å². The third-order valence-corrected chi connectivity index (χ3v) is 3.58. The van der Waals surface area contributed by atoms with E-state index >= 15 is 0 Å². The summed E-state index contributed by atoms with van der Waals surface area (Å²) in [6.45, 7) is 1.53. The van der Waals surface area contributed by atoms with Crippen LogP contribution in [-0.4, -0.2) is 13.7 Å². The van der Waals surface area contributed by atoms with Gasteiger partial charge in [0.1, 0.15) is 5.75 Å². The van der Waals surface area contributed by atoms with Gasteiger partial charge in [-0.05, 0) is 25.5 Å². The van der Waals surface area contributed by atoms with Gasteiger partial charge in [0.05, 0.1) is 0 Å². The zero-order chi connectivity index (χ0) is 14.3. The van der Waals surface area contributed by atoms with Gasteiger partial charge in [-0.15, -0.1) is 0 Å². The first-order valence-corrected chi connectivity index (χ1v) is 6.83. The van der Waals surface area contributed by atoms with Crippen LogP contribution in [0.15, 0.2) is 24.3 Å². The number of benzene rings is 1. The van der Waals surface area contributed by atoms with Crippen LogP contribution in [0.2, 0.25) is 0 Å². The Kier molecular flexibility index (Phi) is 6.78. The van der Waals surface area contributed by atoms with Crippen molar-refractivity contribution in [3.8, 4) is 5.75 Å². The predicted octanol–water partition coefficient (Wildman–Crippen LogP) is 4.37. The largest absolute Gasteiger partial charge is 0.434 e. The topological polar surface area (TPSA) is 21.3 Å². The van der Waals surface area contributed by atoms with Gasteiger partial charge in [0, 0.05) is 11.6 Å². The Hall–Kier alpha value is -1.16. The molecule has 2 nitrogen and oxygen atoms in total. The van der Waals surface area contributed by atoms with Crippen molar-refractivity contribution in [3.63, 3.8) is 0 Å². The monoisotopic (exact) mass is 271 g/mol. The zero-order valence-corrected chi connectivity index (χ0v) is 11.8. The average Bonchev–Trinajstić information content (AvgIpc) is 2.41. The number of hydrogen-bond acceptors (Lipinski definition) is 2. The van der Waals surface area contributed by atoms with Gasteiger partial charge >= 0.3 is 6.61 Å². The van der Waals surface area contributed by atoms with E-state index in [9.17, 15) is 8.78 Å². The molecule has 0 heterocycles. The van der Waals surface area contributed by atoms with Crippen LogP contribution in [0.3, 0.4) is 0 Å². The van der Waals surface area contributed by atoms with Crippen molar-refractivity contribution in [1.29, 1.82) is 0 Å². The Bertz CT molecular complexity index is 367. The molecule has 108 valence electrons. The molecule has 0 bridgehead atoms. The Morgan fingerprint density at radius 2 is 1.79 bits per heavy atom. The summed E-state index contributed by atoms with van der Waals surface area (Å²) in [5.74, 6) is 0.847. The SMILES string of the molecule is CCC(CC)CC(NC)c1ccccc1OC(F)F. The summed E-state index contributed by atoms with van der Waals surface area (Å²) >= 11 is 0. The molecule has 0 spiro atoms. The molecule has 0 saturated heterocycles. The second-order valence-electron chi connectivity index (χ2n) is 4.68. The average molecular weight is 271 g/mol. The minimum atomic E-state index is -2.79. The second-order valence-corrected chi connectivity index (χ2v) is 4.68. The number of alkyl halides is 2. The van der Waals surface area contributed by atoms with E-state index in [1.165, 1.54) is 0 Å². The molecule has 4 heteroatoms. The minimum absolute atomic E-state index is 0.0415. The van der Waals surface area contributed by atoms with Crippen molar-refractivity contribution in [2.75, 3.05) is 7.05 Å². The lowest BCUT2D eigenvalue weighted by molar-refractivity contribution is -0.0507. The number of rotatable bonds is 8. The minimum Gasteiger partial charge on any atom is -0.434 e. The van der Waals surface area contributed by atoms with Crippen molar-refractivity contribution in [2.45, 2.75) is 45.8 Å². The summed E-state index contributed by atoms with van der Waals surface area (Å²) in [7, 11) is 1.85. The van der Waals surface area contributed by atoms with Gasteiger partial charge in [-0.1, -0.05) is 44.9 Å². The highest BCUT2D eigenvalue weighted by molar-refractivity contribution is 5.36. The molecule has 1 unspecified atom stereocenters. The predicted molar refractivity (Wildman–Crippen MR) is 73.6 cm³/mol. The molecule has 0 amide bonds. The lowest BCUT2D eigenvalue weighted by Gasteiger charge is -2.23. The molecule has 0 aliphatic rings. The summed E-state index contributed by atoms with van der Waals surface area (Å²) in [5, 5.41) is 3.21. The first-order valence-electron chi connectivity index (χ1n) is 6.83. The Morgan fingerprint density at radius 1 is 1.16 bits per heavy atom. The third kappa shape index (κ3) is 4.78. The van der Waals surface area contributed by atoms with E-state index < -0.39 is 6.61 Å². The van der Waals surface area contributed by atoms with Crippen LogP contribution in [0.5, 0.6) is 5.75 Å². The first-order chi connectivity index (χ1) is 9.12. The van der Waals surface area contributed by atoms with Gasteiger partial charge < -0.3 is 10.1 Å². The fourth-order valence-corrected chi connectivity index (χ4v) is 2.33. The summed E-state index contributed by atoms with van der Waals surface area (Å²) in [5.41, 5.74) is 0.803. The van der Waals surface area contributed by atoms with Gasteiger partial charge in [-0.2, -0.15) is 8.78 Å². The molecule has 1 rings (SSSR count). The van der Waals surface area contributed by atoms with Crippen molar-refractivity contribution in [3.05, 3.63) is 29.8 Å². The van der Waals surface area contributed by atoms with Gasteiger partial charge in [0.2, 0.25) is 0 Å². The summed E-state index contributed by atoms with van der Waals surface area (Å²) in [6, 6.07) is 7.05. The van der Waals surface area contributed by atoms with Crippen LogP contribution in [0, 0.1) is 5.92 Å². The van der Waals surface area contributed by atoms with Gasteiger partial charge in [-0.25, -0.2) is 0 Å². The van der Waals surface area contributed by atoms with Crippen LogP contribution in [0.4, 0.5) is 8.78 Å². The Morgan fingerprint density at radius 3 is 2.32 bits per heavy atom. The fourth-order valence-electron chi connectivity index (χ4n) is 2.33. The quantitative estimate of drug-likeness (QED) is 0.758. The number of hydrogen-bond donors (Lipinski definition) is 1. The van der Waals surface area contributed by atoms with E-state index in [0.29, 0.717) is 5.92 Å². The van der Waals surface area contributed by atoms with E-state index in [2.05, 4.69) is 23.9 Å². The molecule has 0 aromatic heterocycles. The van der Waals surface area contributed by atoms with Gasteiger partial charge in [0.15, 0.2) is 0 Å². The van der Waals surface area contributed by atoms with E-state index in [1.54, 1.807) is 12.1 Å². The van der Waals surface area contributed by atoms with Crippen LogP contribution < -0.4 is 10.1 Å². The first kappa shape index (κ1) is 15.9. The van der Waals surface area contributed by atoms with Crippen LogP contribution >= 0.6 is 0 Å². The maximum atomic E-state index is 12.4. The Labute approximate surface area is 114 Å². The number of halogens is 2. The number of nitrogens with one attached hydrogen (secondary N) is 1. The highest BCUT2D eigenvalue weighted by atomic mass is 19.3. The van der Waals surface area contributed by atoms with E-state index in [-0.39, 0.29) is 11.8 Å². The maximum Gasteiger partial charge on any atom is 0.387 e. The standard InChI is InChI=1S/C15H23F2NO/c1-4-11(5-2)10-13(18-3)12-8-6-7-9-14(12)19-15(16)17/h6-9,11,13,15,18H,4-5,10H2,1-3H3. The number of ether oxygens (including phenoxy) is 1. The molecular weight excluding hydrogens is 248 g/mol. The summed E-state index contributed by atoms with van der Waals surface area (Å²) < 4.78 is 29.4. The van der Waals surface area contributed by atoms with E-state index in [4.69, 9.17) is 0 Å². The van der Waals surface area contributed by atoms with Crippen molar-refractivity contribution >= 4 is 0 Å². The van der Waals surface area contributed by atoms with E-state index in [1.807, 2.05) is 19.2 Å². The molecule has 1 atom stereocenters. The van der Waals surface area contributed by atoms with Crippen LogP contribution in [0.25, 0.3) is 0 Å². The number of para-hydroxylation sites is 1. The molecular formula is C15H23F2NO. The van der Waals surface area contributed by atoms with Crippen molar-refractivity contribution in [2.24, 2.45) is 5.92 Å². The van der Waals surface area contributed by atoms with E-state index in [0.717, 1.165) is 24.8 Å². The fraction of sp³-hybridized carbons (Fsp3) is 0.600. The molecule has 0 saturated carbocycles. The molecule has 0 aliphatic heterocycles. The lowest BCUT2D eigenvalue weighted by Crippen LogP contribution is -2.21.